The van der Waals surface area contributed by atoms with Crippen LogP contribution in [-0.4, -0.2) is 66.0 Å². The Morgan fingerprint density at radius 3 is 2.44 bits per heavy atom. The molecule has 1 fully saturated rings. The van der Waals surface area contributed by atoms with Crippen molar-refractivity contribution in [2.75, 3.05) is 38.2 Å². The summed E-state index contributed by atoms with van der Waals surface area (Å²) in [6, 6.07) is 11.1. The van der Waals surface area contributed by atoms with Gasteiger partial charge in [-0.1, -0.05) is 19.9 Å². The van der Waals surface area contributed by atoms with Crippen molar-refractivity contribution in [3.63, 3.8) is 0 Å². The lowest BCUT2D eigenvalue weighted by atomic mass is 9.81. The van der Waals surface area contributed by atoms with Gasteiger partial charge in [0.25, 0.3) is 5.91 Å². The fourth-order valence-corrected chi connectivity index (χ4v) is 5.55. The summed E-state index contributed by atoms with van der Waals surface area (Å²) in [5, 5.41) is 0.895. The topological polar surface area (TPSA) is 86.0 Å². The maximum absolute atomic E-state index is 13.5. The number of hydrogen-bond acceptors (Lipinski definition) is 4. The van der Waals surface area contributed by atoms with Crippen LogP contribution in [-0.2, 0) is 14.9 Å². The zero-order valence-corrected chi connectivity index (χ0v) is 22.7. The van der Waals surface area contributed by atoms with E-state index in [0.717, 1.165) is 48.1 Å². The van der Waals surface area contributed by atoms with Crippen LogP contribution in [0.15, 0.2) is 48.7 Å². The number of hydrogen-bond donors (Lipinski definition) is 1. The van der Waals surface area contributed by atoms with Gasteiger partial charge in [0.15, 0.2) is 0 Å². The van der Waals surface area contributed by atoms with Gasteiger partial charge in [-0.15, -0.1) is 0 Å². The minimum absolute atomic E-state index is 0.0395. The van der Waals surface area contributed by atoms with Crippen LogP contribution in [0.5, 0.6) is 0 Å². The lowest BCUT2D eigenvalue weighted by molar-refractivity contribution is -0.136. The summed E-state index contributed by atoms with van der Waals surface area (Å²) in [5.41, 5.74) is 2.94. The number of nitrogens with zero attached hydrogens (tertiary/aromatic N) is 3. The first-order valence-corrected chi connectivity index (χ1v) is 13.3. The van der Waals surface area contributed by atoms with Crippen molar-refractivity contribution in [3.8, 4) is 0 Å². The number of H-pyrrole nitrogens is 1. The largest absolute Gasteiger partial charge is 0.462 e. The average molecular weight is 533 g/mol. The van der Waals surface area contributed by atoms with Gasteiger partial charge in [-0.3, -0.25) is 9.69 Å². The highest BCUT2D eigenvalue weighted by Crippen LogP contribution is 2.41. The van der Waals surface area contributed by atoms with E-state index in [1.54, 1.807) is 18.9 Å². The first-order valence-electron chi connectivity index (χ1n) is 13.3. The van der Waals surface area contributed by atoms with Crippen molar-refractivity contribution >= 4 is 40.1 Å². The highest BCUT2D eigenvalue weighted by molar-refractivity contribution is 6.18. The normalized spacial score (nSPS) is 16.5. The van der Waals surface area contributed by atoms with Crippen LogP contribution in [0.3, 0.4) is 0 Å². The lowest BCUT2D eigenvalue weighted by Crippen LogP contribution is -2.39. The third kappa shape index (κ3) is 4.89. The Balaban J connectivity index is 1.59. The smallest absolute Gasteiger partial charge is 0.341 e. The Kier molecular flexibility index (Phi) is 6.92. The molecule has 2 aromatic carbocycles. The molecule has 0 bridgehead atoms. The summed E-state index contributed by atoms with van der Waals surface area (Å²) in [7, 11) is 1.77. The second kappa shape index (κ2) is 10.2. The molecule has 3 aromatic rings. The minimum atomic E-state index is -0.577. The molecule has 5 rings (SSSR count). The zero-order chi connectivity index (χ0) is 27.9. The number of halogens is 1. The number of aromatic nitrogens is 1. The fraction of sp³-hybridized carbons (Fsp3) is 0.367. The molecule has 2 aliphatic rings. The van der Waals surface area contributed by atoms with Gasteiger partial charge in [-0.2, -0.15) is 0 Å². The molecule has 1 saturated heterocycles. The third-order valence-electron chi connectivity index (χ3n) is 7.48. The fourth-order valence-electron chi connectivity index (χ4n) is 5.55. The number of anilines is 1. The van der Waals surface area contributed by atoms with Gasteiger partial charge in [0, 0.05) is 60.5 Å². The first-order chi connectivity index (χ1) is 18.6. The van der Waals surface area contributed by atoms with E-state index in [0.29, 0.717) is 11.3 Å². The highest BCUT2D eigenvalue weighted by Gasteiger charge is 2.37. The monoisotopic (exact) mass is 532 g/mol. The number of carbonyl (C=O) groups is 3. The van der Waals surface area contributed by atoms with Crippen molar-refractivity contribution in [2.24, 2.45) is 0 Å². The molecule has 1 N–H and O–H groups in total. The summed E-state index contributed by atoms with van der Waals surface area (Å²) in [5.74, 6) is -1.33. The molecule has 3 heterocycles. The molecule has 2 aliphatic heterocycles. The van der Waals surface area contributed by atoms with E-state index in [9.17, 15) is 18.8 Å². The molecule has 1 aromatic heterocycles. The summed E-state index contributed by atoms with van der Waals surface area (Å²) >= 11 is 0. The molecule has 9 heteroatoms. The summed E-state index contributed by atoms with van der Waals surface area (Å²) in [6.45, 7) is 7.74. The third-order valence-corrected chi connectivity index (χ3v) is 7.48. The molecule has 8 nitrogen and oxygen atoms in total. The number of nitrogens with one attached hydrogen (secondary N) is 1. The highest BCUT2D eigenvalue weighted by atomic mass is 19.1. The van der Waals surface area contributed by atoms with Crippen molar-refractivity contribution in [1.29, 1.82) is 0 Å². The number of fused-ring (bicyclic) bond motifs is 3. The number of esters is 1. The number of carbonyl (C=O) groups excluding carboxylic acids is 3. The Morgan fingerprint density at radius 1 is 1.08 bits per heavy atom. The SMILES string of the molecule is CCOC(=O)C1=CN(C(=O)c2ccc(F)cc2)CC(C)(C)c2c1[nH]c1cc(N(C)C(=O)N3CCCC3)ccc21. The van der Waals surface area contributed by atoms with Gasteiger partial charge in [0.1, 0.15) is 5.82 Å². The number of likely N-dealkylation sites (tertiary alicyclic amines) is 1. The number of benzene rings is 2. The van der Waals surface area contributed by atoms with Crippen LogP contribution in [0.25, 0.3) is 16.5 Å². The molecule has 0 radical (unpaired) electrons. The minimum Gasteiger partial charge on any atom is -0.462 e. The van der Waals surface area contributed by atoms with Crippen LogP contribution in [0, 0.1) is 5.82 Å². The number of amides is 3. The number of ether oxygens (including phenoxy) is 1. The molecule has 39 heavy (non-hydrogen) atoms. The van der Waals surface area contributed by atoms with E-state index in [1.165, 1.54) is 35.4 Å². The van der Waals surface area contributed by atoms with Crippen molar-refractivity contribution in [2.45, 2.75) is 39.0 Å². The van der Waals surface area contributed by atoms with E-state index >= 15 is 0 Å². The van der Waals surface area contributed by atoms with Gasteiger partial charge in [-0.25, -0.2) is 14.0 Å². The van der Waals surface area contributed by atoms with Crippen LogP contribution in [0.4, 0.5) is 14.9 Å². The van der Waals surface area contributed by atoms with Crippen LogP contribution >= 0.6 is 0 Å². The Labute approximate surface area is 227 Å². The van der Waals surface area contributed by atoms with Gasteiger partial charge in [0.05, 0.1) is 17.9 Å². The lowest BCUT2D eigenvalue weighted by Gasteiger charge is -2.30. The Hall–Kier alpha value is -4.14. The molecule has 0 atom stereocenters. The van der Waals surface area contributed by atoms with Crippen molar-refractivity contribution < 1.29 is 23.5 Å². The number of rotatable bonds is 4. The van der Waals surface area contributed by atoms with Crippen LogP contribution in [0.2, 0.25) is 0 Å². The van der Waals surface area contributed by atoms with Crippen LogP contribution < -0.4 is 4.90 Å². The molecule has 204 valence electrons. The predicted molar refractivity (Wildman–Crippen MR) is 148 cm³/mol. The second-order valence-electron chi connectivity index (χ2n) is 10.7. The quantitative estimate of drug-likeness (QED) is 0.463. The standard InChI is InChI=1S/C30H33FN4O4/c1-5-39-28(37)23-17-35(27(36)19-8-10-20(31)11-9-19)18-30(2,3)25-22-13-12-21(16-24(22)32-26(23)25)33(4)29(38)34-14-6-7-15-34/h8-13,16-17,32H,5-7,14-15,18H2,1-4H3. The maximum atomic E-state index is 13.5. The molecular weight excluding hydrogens is 499 g/mol. The van der Waals surface area contributed by atoms with Crippen LogP contribution in [0.1, 0.15) is 55.2 Å². The molecule has 0 saturated carbocycles. The zero-order valence-electron chi connectivity index (χ0n) is 22.7. The van der Waals surface area contributed by atoms with Gasteiger partial charge < -0.3 is 19.5 Å². The molecular formula is C30H33FN4O4. The van der Waals surface area contributed by atoms with E-state index in [1.807, 2.05) is 36.9 Å². The molecule has 0 aliphatic carbocycles. The van der Waals surface area contributed by atoms with Gasteiger partial charge >= 0.3 is 12.0 Å². The number of aromatic amines is 1. The van der Waals surface area contributed by atoms with E-state index in [4.69, 9.17) is 4.74 Å². The van der Waals surface area contributed by atoms with Crippen molar-refractivity contribution in [3.05, 3.63) is 71.3 Å². The van der Waals surface area contributed by atoms with Gasteiger partial charge in [-0.05, 0) is 61.7 Å². The van der Waals surface area contributed by atoms with E-state index < -0.39 is 17.2 Å². The van der Waals surface area contributed by atoms with E-state index in [-0.39, 0.29) is 30.7 Å². The predicted octanol–water partition coefficient (Wildman–Crippen LogP) is 5.30. The summed E-state index contributed by atoms with van der Waals surface area (Å²) < 4.78 is 18.9. The molecule has 0 unspecified atom stereocenters. The summed E-state index contributed by atoms with van der Waals surface area (Å²) in [4.78, 5) is 48.1. The molecule has 3 amide bonds. The van der Waals surface area contributed by atoms with Crippen molar-refractivity contribution in [1.82, 2.24) is 14.8 Å². The Morgan fingerprint density at radius 2 is 1.77 bits per heavy atom. The number of urea groups is 1. The van der Waals surface area contributed by atoms with E-state index in [2.05, 4.69) is 4.98 Å². The first kappa shape index (κ1) is 26.5. The Bertz CT molecular complexity index is 1470. The molecule has 0 spiro atoms. The maximum Gasteiger partial charge on any atom is 0.341 e. The summed E-state index contributed by atoms with van der Waals surface area (Å²) in [6.07, 6.45) is 3.55. The average Bonchev–Trinajstić information content (AvgIpc) is 3.56. The van der Waals surface area contributed by atoms with Gasteiger partial charge in [0.2, 0.25) is 0 Å². The second-order valence-corrected chi connectivity index (χ2v) is 10.7.